The number of benzene rings is 1. The van der Waals surface area contributed by atoms with Crippen molar-refractivity contribution in [1.82, 2.24) is 15.2 Å². The standard InChI is InChI=1S/C24H27FN4O4/c1-13-20(11-18-17-10-15(25)4-5-19(17)28-23(18)31)26-14(2)22(13)24(32)27-16-6-8-29(9-7-16)21(30)12-33-3/h4-5,10-11,16,26H,6-9,12H2,1-3H3,(H,27,32)(H,28,31)/b18-11-. The van der Waals surface area contributed by atoms with E-state index in [1.807, 2.05) is 6.92 Å². The van der Waals surface area contributed by atoms with Crippen molar-refractivity contribution >= 4 is 35.1 Å². The van der Waals surface area contributed by atoms with Crippen LogP contribution in [0.25, 0.3) is 11.6 Å². The van der Waals surface area contributed by atoms with Crippen LogP contribution in [0.4, 0.5) is 10.1 Å². The van der Waals surface area contributed by atoms with Gasteiger partial charge >= 0.3 is 0 Å². The summed E-state index contributed by atoms with van der Waals surface area (Å²) < 4.78 is 18.6. The van der Waals surface area contributed by atoms with Gasteiger partial charge in [0.05, 0.1) is 11.1 Å². The maximum Gasteiger partial charge on any atom is 0.256 e. The molecule has 3 heterocycles. The summed E-state index contributed by atoms with van der Waals surface area (Å²) >= 11 is 0. The Morgan fingerprint density at radius 2 is 2.00 bits per heavy atom. The van der Waals surface area contributed by atoms with Gasteiger partial charge in [0.25, 0.3) is 11.8 Å². The number of aromatic nitrogens is 1. The molecule has 33 heavy (non-hydrogen) atoms. The summed E-state index contributed by atoms with van der Waals surface area (Å²) in [6.07, 6.45) is 2.99. The molecular weight excluding hydrogens is 427 g/mol. The lowest BCUT2D eigenvalue weighted by Gasteiger charge is -2.32. The Morgan fingerprint density at radius 1 is 1.27 bits per heavy atom. The molecule has 1 fully saturated rings. The number of methoxy groups -OCH3 is 1. The van der Waals surface area contributed by atoms with E-state index < -0.39 is 5.82 Å². The molecule has 0 spiro atoms. The predicted octanol–water partition coefficient (Wildman–Crippen LogP) is 2.63. The molecule has 0 aliphatic carbocycles. The van der Waals surface area contributed by atoms with E-state index in [4.69, 9.17) is 4.74 Å². The largest absolute Gasteiger partial charge is 0.375 e. The second-order valence-electron chi connectivity index (χ2n) is 8.43. The highest BCUT2D eigenvalue weighted by molar-refractivity contribution is 6.34. The first-order valence-corrected chi connectivity index (χ1v) is 10.9. The number of amides is 3. The maximum atomic E-state index is 13.7. The number of aromatic amines is 1. The second-order valence-corrected chi connectivity index (χ2v) is 8.43. The van der Waals surface area contributed by atoms with Crippen LogP contribution in [-0.4, -0.2) is 60.5 Å². The quantitative estimate of drug-likeness (QED) is 0.605. The summed E-state index contributed by atoms with van der Waals surface area (Å²) in [5.74, 6) is -0.988. The fourth-order valence-corrected chi connectivity index (χ4v) is 4.45. The number of halogens is 1. The van der Waals surface area contributed by atoms with Gasteiger partial charge in [-0.15, -0.1) is 0 Å². The van der Waals surface area contributed by atoms with Crippen LogP contribution in [0.1, 0.15) is 45.7 Å². The summed E-state index contributed by atoms with van der Waals surface area (Å²) in [7, 11) is 1.49. The molecule has 1 aromatic heterocycles. The summed E-state index contributed by atoms with van der Waals surface area (Å²) in [6, 6.07) is 4.12. The molecule has 3 amide bonds. The van der Waals surface area contributed by atoms with Crippen LogP contribution in [0.15, 0.2) is 18.2 Å². The van der Waals surface area contributed by atoms with Crippen LogP contribution in [0.2, 0.25) is 0 Å². The highest BCUT2D eigenvalue weighted by Crippen LogP contribution is 2.34. The zero-order chi connectivity index (χ0) is 23.7. The van der Waals surface area contributed by atoms with Crippen LogP contribution in [0, 0.1) is 19.7 Å². The molecule has 0 saturated carbocycles. The Balaban J connectivity index is 1.49. The van der Waals surface area contributed by atoms with E-state index in [1.54, 1.807) is 17.9 Å². The lowest BCUT2D eigenvalue weighted by atomic mass is 10.0. The molecule has 0 radical (unpaired) electrons. The van der Waals surface area contributed by atoms with Gasteiger partial charge in [0.2, 0.25) is 5.91 Å². The number of nitrogens with zero attached hydrogens (tertiary/aromatic N) is 1. The molecule has 0 bridgehead atoms. The lowest BCUT2D eigenvalue weighted by molar-refractivity contribution is -0.136. The highest BCUT2D eigenvalue weighted by Gasteiger charge is 2.28. The lowest BCUT2D eigenvalue weighted by Crippen LogP contribution is -2.47. The van der Waals surface area contributed by atoms with Crippen molar-refractivity contribution < 1.29 is 23.5 Å². The number of piperidine rings is 1. The van der Waals surface area contributed by atoms with Crippen molar-refractivity contribution in [2.75, 3.05) is 32.1 Å². The van der Waals surface area contributed by atoms with E-state index in [-0.39, 0.29) is 30.4 Å². The molecule has 3 N–H and O–H groups in total. The predicted molar refractivity (Wildman–Crippen MR) is 122 cm³/mol. The SMILES string of the molecule is COCC(=O)N1CCC(NC(=O)c2c(C)[nH]c(/C=C3\C(=O)Nc4ccc(F)cc43)c2C)CC1. The molecule has 1 aromatic carbocycles. The smallest absolute Gasteiger partial charge is 0.256 e. The Labute approximate surface area is 191 Å². The molecule has 0 atom stereocenters. The van der Waals surface area contributed by atoms with Crippen LogP contribution < -0.4 is 10.6 Å². The molecule has 174 valence electrons. The third kappa shape index (κ3) is 4.54. The normalized spacial score (nSPS) is 17.3. The van der Waals surface area contributed by atoms with Gasteiger partial charge in [-0.1, -0.05) is 0 Å². The summed E-state index contributed by atoms with van der Waals surface area (Å²) in [4.78, 5) is 42.4. The minimum Gasteiger partial charge on any atom is -0.375 e. The van der Waals surface area contributed by atoms with E-state index in [2.05, 4.69) is 15.6 Å². The number of rotatable bonds is 5. The van der Waals surface area contributed by atoms with Crippen molar-refractivity contribution in [3.05, 3.63) is 52.1 Å². The highest BCUT2D eigenvalue weighted by atomic mass is 19.1. The molecule has 2 aliphatic rings. The number of carbonyl (C=O) groups is 3. The summed E-state index contributed by atoms with van der Waals surface area (Å²) in [5, 5.41) is 5.80. The van der Waals surface area contributed by atoms with E-state index in [0.29, 0.717) is 65.3 Å². The number of carbonyl (C=O) groups excluding carboxylic acids is 3. The van der Waals surface area contributed by atoms with Crippen LogP contribution in [0.3, 0.4) is 0 Å². The number of hydrogen-bond donors (Lipinski definition) is 3. The topological polar surface area (TPSA) is 104 Å². The maximum absolute atomic E-state index is 13.7. The van der Waals surface area contributed by atoms with E-state index in [0.717, 1.165) is 0 Å². The summed E-state index contributed by atoms with van der Waals surface area (Å²) in [6.45, 7) is 4.82. The first-order valence-electron chi connectivity index (χ1n) is 10.9. The monoisotopic (exact) mass is 454 g/mol. The molecule has 1 saturated heterocycles. The van der Waals surface area contributed by atoms with Crippen LogP contribution in [-0.2, 0) is 14.3 Å². The van der Waals surface area contributed by atoms with Gasteiger partial charge in [0.1, 0.15) is 12.4 Å². The number of aryl methyl sites for hydroxylation is 1. The van der Waals surface area contributed by atoms with Crippen molar-refractivity contribution in [1.29, 1.82) is 0 Å². The third-order valence-corrected chi connectivity index (χ3v) is 6.21. The molecule has 8 nitrogen and oxygen atoms in total. The fraction of sp³-hybridized carbons (Fsp3) is 0.375. The minimum atomic E-state index is -0.425. The van der Waals surface area contributed by atoms with E-state index in [1.165, 1.54) is 25.3 Å². The zero-order valence-corrected chi connectivity index (χ0v) is 18.9. The average Bonchev–Trinajstić information content (AvgIpc) is 3.23. The van der Waals surface area contributed by atoms with Gasteiger partial charge in [-0.2, -0.15) is 0 Å². The van der Waals surface area contributed by atoms with Gasteiger partial charge < -0.3 is 25.3 Å². The van der Waals surface area contributed by atoms with E-state index >= 15 is 0 Å². The number of likely N-dealkylation sites (tertiary alicyclic amines) is 1. The number of anilines is 1. The number of H-pyrrole nitrogens is 1. The van der Waals surface area contributed by atoms with Gasteiger partial charge in [-0.3, -0.25) is 14.4 Å². The Morgan fingerprint density at radius 3 is 2.70 bits per heavy atom. The second kappa shape index (κ2) is 9.19. The van der Waals surface area contributed by atoms with Crippen LogP contribution >= 0.6 is 0 Å². The first kappa shape index (κ1) is 22.7. The van der Waals surface area contributed by atoms with Crippen molar-refractivity contribution in [3.8, 4) is 0 Å². The zero-order valence-electron chi connectivity index (χ0n) is 18.9. The van der Waals surface area contributed by atoms with Crippen molar-refractivity contribution in [2.45, 2.75) is 32.7 Å². The molecule has 4 rings (SSSR count). The Bertz CT molecular complexity index is 1150. The van der Waals surface area contributed by atoms with Crippen LogP contribution in [0.5, 0.6) is 0 Å². The molecule has 9 heteroatoms. The van der Waals surface area contributed by atoms with Crippen molar-refractivity contribution in [3.63, 3.8) is 0 Å². The van der Waals surface area contributed by atoms with Gasteiger partial charge in [-0.05, 0) is 56.5 Å². The fourth-order valence-electron chi connectivity index (χ4n) is 4.45. The Kier molecular flexibility index (Phi) is 6.33. The minimum absolute atomic E-state index is 0.0324. The molecular formula is C24H27FN4O4. The number of fused-ring (bicyclic) bond motifs is 1. The van der Waals surface area contributed by atoms with E-state index in [9.17, 15) is 18.8 Å². The first-order chi connectivity index (χ1) is 15.8. The average molecular weight is 455 g/mol. The molecule has 2 aromatic rings. The third-order valence-electron chi connectivity index (χ3n) is 6.21. The summed E-state index contributed by atoms with van der Waals surface area (Å²) in [5.41, 5.74) is 3.94. The Hall–Kier alpha value is -3.46. The van der Waals surface area contributed by atoms with Gasteiger partial charge in [0, 0.05) is 48.9 Å². The van der Waals surface area contributed by atoms with Gasteiger partial charge in [-0.25, -0.2) is 4.39 Å². The number of hydrogen-bond acceptors (Lipinski definition) is 4. The van der Waals surface area contributed by atoms with Gasteiger partial charge in [0.15, 0.2) is 0 Å². The molecule has 2 aliphatic heterocycles. The molecule has 0 unspecified atom stereocenters. The number of nitrogens with one attached hydrogen (secondary N) is 3. The number of ether oxygens (including phenoxy) is 1. The van der Waals surface area contributed by atoms with Crippen molar-refractivity contribution in [2.24, 2.45) is 0 Å².